The Kier molecular flexibility index (Phi) is 33.4. The van der Waals surface area contributed by atoms with Crippen LogP contribution >= 0.6 is 0 Å². The van der Waals surface area contributed by atoms with Gasteiger partial charge in [0.2, 0.25) is 0 Å². The molecule has 0 unspecified atom stereocenters. The van der Waals surface area contributed by atoms with Crippen LogP contribution in [0.1, 0.15) is 187 Å². The SMILES string of the molecule is CCCCCCCCCOC(=O)CCCCCCCN(CCO)CCCCCCC(OCCCCCCC(F)(F)C(F)(F)F)OCCCCCCC(F)(F)C(F)(F)F. The third kappa shape index (κ3) is 31.5. The van der Waals surface area contributed by atoms with Crippen LogP contribution < -0.4 is 0 Å². The summed E-state index contributed by atoms with van der Waals surface area (Å²) in [6.07, 6.45) is 4.75. The second-order valence-corrected chi connectivity index (χ2v) is 15.5. The van der Waals surface area contributed by atoms with Crippen molar-refractivity contribution in [2.75, 3.05) is 46.1 Å². The molecular formula is C42H75F10NO5. The first kappa shape index (κ1) is 56.6. The number of rotatable bonds is 41. The molecule has 1 N–H and O–H groups in total. The number of hydrogen-bond donors (Lipinski definition) is 1. The third-order valence-corrected chi connectivity index (χ3v) is 10.2. The van der Waals surface area contributed by atoms with Crippen molar-refractivity contribution in [1.29, 1.82) is 0 Å². The lowest BCUT2D eigenvalue weighted by atomic mass is 10.1. The van der Waals surface area contributed by atoms with E-state index in [1.165, 1.54) is 32.1 Å². The van der Waals surface area contributed by atoms with Crippen molar-refractivity contribution in [3.63, 3.8) is 0 Å². The summed E-state index contributed by atoms with van der Waals surface area (Å²) in [5.41, 5.74) is 0. The molecule has 0 aromatic rings. The lowest BCUT2D eigenvalue weighted by molar-refractivity contribution is -0.284. The maximum absolute atomic E-state index is 13.1. The fourth-order valence-electron chi connectivity index (χ4n) is 6.46. The monoisotopic (exact) mass is 864 g/mol. The van der Waals surface area contributed by atoms with Crippen molar-refractivity contribution in [3.8, 4) is 0 Å². The van der Waals surface area contributed by atoms with Crippen molar-refractivity contribution in [2.45, 2.75) is 217 Å². The standard InChI is InChI=1S/C42H75F10NO5/c1-2-3-4-5-6-14-23-34-56-37(55)26-17-8-7-12-21-30-53(32-33-54)31-22-13-9-18-27-38(57-35-24-15-10-19-28-39(43,44)41(47,48)49)58-36-25-16-11-20-29-40(45,46)42(50,51)52/h38,54H,2-36H2,1H3. The van der Waals surface area contributed by atoms with Crippen molar-refractivity contribution in [1.82, 2.24) is 4.90 Å². The van der Waals surface area contributed by atoms with E-state index in [4.69, 9.17) is 14.2 Å². The van der Waals surface area contributed by atoms with E-state index in [1.807, 2.05) is 0 Å². The summed E-state index contributed by atoms with van der Waals surface area (Å²) in [6.45, 7) is 5.48. The van der Waals surface area contributed by atoms with Crippen molar-refractivity contribution >= 4 is 5.97 Å². The van der Waals surface area contributed by atoms with E-state index in [0.29, 0.717) is 51.7 Å². The van der Waals surface area contributed by atoms with Gasteiger partial charge in [0.1, 0.15) is 0 Å². The zero-order valence-electron chi connectivity index (χ0n) is 35.1. The molecule has 0 bridgehead atoms. The smallest absolute Gasteiger partial charge is 0.453 e. The van der Waals surface area contributed by atoms with Crippen LogP contribution in [0.3, 0.4) is 0 Å². The molecule has 58 heavy (non-hydrogen) atoms. The summed E-state index contributed by atoms with van der Waals surface area (Å²) >= 11 is 0. The zero-order valence-corrected chi connectivity index (χ0v) is 35.1. The topological polar surface area (TPSA) is 68.2 Å². The first-order chi connectivity index (χ1) is 27.5. The van der Waals surface area contributed by atoms with Crippen LogP contribution in [0.2, 0.25) is 0 Å². The minimum Gasteiger partial charge on any atom is -0.466 e. The highest BCUT2D eigenvalue weighted by molar-refractivity contribution is 5.69. The molecule has 0 amide bonds. The molecule has 0 aromatic heterocycles. The largest absolute Gasteiger partial charge is 0.466 e. The second-order valence-electron chi connectivity index (χ2n) is 15.5. The van der Waals surface area contributed by atoms with Crippen molar-refractivity contribution < 1.29 is 68.0 Å². The Bertz CT molecular complexity index is 916. The Morgan fingerprint density at radius 2 is 0.897 bits per heavy atom. The van der Waals surface area contributed by atoms with Gasteiger partial charge < -0.3 is 24.2 Å². The van der Waals surface area contributed by atoms with Gasteiger partial charge in [-0.2, -0.15) is 43.9 Å². The molecule has 0 saturated heterocycles. The number of hydrogen-bond acceptors (Lipinski definition) is 6. The summed E-state index contributed by atoms with van der Waals surface area (Å²) in [7, 11) is 0. The van der Waals surface area contributed by atoms with Gasteiger partial charge >= 0.3 is 30.2 Å². The molecule has 0 fully saturated rings. The van der Waals surface area contributed by atoms with Gasteiger partial charge in [0.05, 0.1) is 13.2 Å². The Labute approximate surface area is 341 Å². The van der Waals surface area contributed by atoms with Crippen LogP contribution in [-0.2, 0) is 19.0 Å². The number of carbonyl (C=O) groups is 1. The highest BCUT2D eigenvalue weighted by Crippen LogP contribution is 2.40. The predicted molar refractivity (Wildman–Crippen MR) is 207 cm³/mol. The molecule has 0 rings (SSSR count). The van der Waals surface area contributed by atoms with Crippen molar-refractivity contribution in [3.05, 3.63) is 0 Å². The molecule has 0 aliphatic heterocycles. The van der Waals surface area contributed by atoms with Crippen molar-refractivity contribution in [2.24, 2.45) is 0 Å². The molecule has 6 nitrogen and oxygen atoms in total. The summed E-state index contributed by atoms with van der Waals surface area (Å²) < 4.78 is 144. The first-order valence-electron chi connectivity index (χ1n) is 22.1. The molecule has 348 valence electrons. The normalized spacial score (nSPS) is 13.0. The molecule has 0 aliphatic carbocycles. The van der Waals surface area contributed by atoms with E-state index in [1.54, 1.807) is 0 Å². The van der Waals surface area contributed by atoms with E-state index in [2.05, 4.69) is 11.8 Å². The number of nitrogens with zero attached hydrogens (tertiary/aromatic N) is 1. The summed E-state index contributed by atoms with van der Waals surface area (Å²) in [6, 6.07) is 0. The van der Waals surface area contributed by atoms with E-state index >= 15 is 0 Å². The van der Waals surface area contributed by atoms with Crippen LogP contribution in [-0.4, -0.2) is 92.5 Å². The summed E-state index contributed by atoms with van der Waals surface area (Å²) in [5, 5.41) is 9.53. The van der Waals surface area contributed by atoms with Gasteiger partial charge in [-0.3, -0.25) is 4.79 Å². The molecule has 0 aromatic carbocycles. The Balaban J connectivity index is 4.35. The quantitative estimate of drug-likeness (QED) is 0.0286. The van der Waals surface area contributed by atoms with Crippen LogP contribution in [0.25, 0.3) is 0 Å². The average molecular weight is 864 g/mol. The average Bonchev–Trinajstić information content (AvgIpc) is 3.14. The van der Waals surface area contributed by atoms with Gasteiger partial charge in [-0.15, -0.1) is 0 Å². The Hall–Kier alpha value is -1.39. The molecule has 0 atom stereocenters. The first-order valence-corrected chi connectivity index (χ1v) is 22.1. The molecule has 0 spiro atoms. The minimum atomic E-state index is -5.57. The zero-order chi connectivity index (χ0) is 43.6. The number of carbonyl (C=O) groups excluding carboxylic acids is 1. The minimum absolute atomic E-state index is 0.0669. The Morgan fingerprint density at radius 3 is 1.36 bits per heavy atom. The van der Waals surface area contributed by atoms with Crippen LogP contribution in [0, 0.1) is 0 Å². The lowest BCUT2D eigenvalue weighted by Gasteiger charge is -2.21. The molecule has 0 heterocycles. The van der Waals surface area contributed by atoms with E-state index < -0.39 is 43.3 Å². The van der Waals surface area contributed by atoms with E-state index in [9.17, 15) is 53.8 Å². The van der Waals surface area contributed by atoms with Gasteiger partial charge in [-0.05, 0) is 77.3 Å². The van der Waals surface area contributed by atoms with Crippen LogP contribution in [0.5, 0.6) is 0 Å². The predicted octanol–water partition coefficient (Wildman–Crippen LogP) is 13.5. The number of unbranched alkanes of at least 4 members (excludes halogenated alkanes) is 19. The maximum atomic E-state index is 13.1. The van der Waals surface area contributed by atoms with E-state index in [-0.39, 0.29) is 51.5 Å². The molecule has 0 radical (unpaired) electrons. The van der Waals surface area contributed by atoms with Gasteiger partial charge in [-0.1, -0.05) is 103 Å². The number of alkyl halides is 10. The van der Waals surface area contributed by atoms with Gasteiger partial charge in [0.15, 0.2) is 6.29 Å². The van der Waals surface area contributed by atoms with Crippen LogP contribution in [0.15, 0.2) is 0 Å². The molecule has 0 aliphatic rings. The molecular weight excluding hydrogens is 788 g/mol. The van der Waals surface area contributed by atoms with Gasteiger partial charge in [0.25, 0.3) is 0 Å². The summed E-state index contributed by atoms with van der Waals surface area (Å²) in [4.78, 5) is 14.2. The van der Waals surface area contributed by atoms with E-state index in [0.717, 1.165) is 83.7 Å². The number of halogens is 10. The number of aliphatic hydroxyl groups is 1. The fraction of sp³-hybridized carbons (Fsp3) is 0.976. The number of esters is 1. The highest BCUT2D eigenvalue weighted by atomic mass is 19.4. The molecule has 16 heteroatoms. The van der Waals surface area contributed by atoms with Gasteiger partial charge in [-0.25, -0.2) is 0 Å². The van der Waals surface area contributed by atoms with Gasteiger partial charge in [0, 0.05) is 39.0 Å². The third-order valence-electron chi connectivity index (χ3n) is 10.2. The highest BCUT2D eigenvalue weighted by Gasteiger charge is 2.57. The summed E-state index contributed by atoms with van der Waals surface area (Å²) in [5.74, 6) is -9.55. The maximum Gasteiger partial charge on any atom is 0.453 e. The lowest BCUT2D eigenvalue weighted by Crippen LogP contribution is -2.36. The number of ether oxygens (including phenoxy) is 3. The molecule has 0 saturated carbocycles. The number of aliphatic hydroxyl groups excluding tert-OH is 1. The van der Waals surface area contributed by atoms with Crippen LogP contribution in [0.4, 0.5) is 43.9 Å². The second kappa shape index (κ2) is 34.2. The fourth-order valence-corrected chi connectivity index (χ4v) is 6.46. The Morgan fingerprint density at radius 1 is 0.500 bits per heavy atom.